The minimum atomic E-state index is -0.740. The van der Waals surface area contributed by atoms with Crippen molar-refractivity contribution >= 4 is 5.97 Å². The van der Waals surface area contributed by atoms with Gasteiger partial charge in [0.05, 0.1) is 5.54 Å². The second-order valence-electron chi connectivity index (χ2n) is 3.55. The van der Waals surface area contributed by atoms with Crippen molar-refractivity contribution in [3.63, 3.8) is 0 Å². The highest BCUT2D eigenvalue weighted by Gasteiger charge is 2.10. The lowest BCUT2D eigenvalue weighted by Crippen LogP contribution is -2.38. The number of aliphatic carboxylic acids is 1. The second kappa shape index (κ2) is 5.60. The highest BCUT2D eigenvalue weighted by Crippen LogP contribution is 2.00. The minimum Gasteiger partial charge on any atom is -0.481 e. The monoisotopic (exact) mass is 183 g/mol. The van der Waals surface area contributed by atoms with Crippen LogP contribution in [0, 0.1) is 12.3 Å². The van der Waals surface area contributed by atoms with Gasteiger partial charge in [-0.15, -0.1) is 6.42 Å². The van der Waals surface area contributed by atoms with Gasteiger partial charge in [-0.2, -0.15) is 0 Å². The molecule has 0 saturated heterocycles. The summed E-state index contributed by atoms with van der Waals surface area (Å²) in [6.07, 6.45) is 7.04. The lowest BCUT2D eigenvalue weighted by Gasteiger charge is -2.19. The summed E-state index contributed by atoms with van der Waals surface area (Å²) in [6.45, 7) is 4.61. The van der Waals surface area contributed by atoms with Gasteiger partial charge < -0.3 is 10.4 Å². The molecule has 0 fully saturated rings. The van der Waals surface area contributed by atoms with Crippen LogP contribution >= 0.6 is 0 Å². The quantitative estimate of drug-likeness (QED) is 0.481. The van der Waals surface area contributed by atoms with E-state index >= 15 is 0 Å². The molecule has 0 aromatic carbocycles. The molecule has 0 saturated carbocycles. The van der Waals surface area contributed by atoms with Gasteiger partial charge in [-0.25, -0.2) is 0 Å². The first-order valence-electron chi connectivity index (χ1n) is 4.42. The smallest absolute Gasteiger partial charge is 0.303 e. The van der Waals surface area contributed by atoms with Crippen molar-refractivity contribution in [2.24, 2.45) is 0 Å². The van der Waals surface area contributed by atoms with E-state index in [1.807, 2.05) is 13.8 Å². The summed E-state index contributed by atoms with van der Waals surface area (Å²) in [5.41, 5.74) is -0.288. The van der Waals surface area contributed by atoms with Crippen LogP contribution in [0.5, 0.6) is 0 Å². The van der Waals surface area contributed by atoms with Gasteiger partial charge in [0.25, 0.3) is 0 Å². The number of terminal acetylenes is 1. The number of carboxylic acids is 1. The Labute approximate surface area is 79.5 Å². The SMILES string of the molecule is C#CC(C)(C)NCCCCC(=O)O. The zero-order valence-corrected chi connectivity index (χ0v) is 8.26. The van der Waals surface area contributed by atoms with Gasteiger partial charge in [0.2, 0.25) is 0 Å². The van der Waals surface area contributed by atoms with Crippen LogP contribution in [0.1, 0.15) is 33.1 Å². The van der Waals surface area contributed by atoms with Crippen LogP contribution < -0.4 is 5.32 Å². The van der Waals surface area contributed by atoms with E-state index in [9.17, 15) is 4.79 Å². The molecule has 0 unspecified atom stereocenters. The average Bonchev–Trinajstić information content (AvgIpc) is 2.03. The summed E-state index contributed by atoms with van der Waals surface area (Å²) >= 11 is 0. The van der Waals surface area contributed by atoms with E-state index in [4.69, 9.17) is 11.5 Å². The molecule has 74 valence electrons. The van der Waals surface area contributed by atoms with Crippen molar-refractivity contribution in [3.05, 3.63) is 0 Å². The maximum atomic E-state index is 10.2. The summed E-state index contributed by atoms with van der Waals surface area (Å²) in [4.78, 5) is 10.2. The van der Waals surface area contributed by atoms with Crippen molar-refractivity contribution in [2.75, 3.05) is 6.54 Å². The van der Waals surface area contributed by atoms with Crippen molar-refractivity contribution in [1.29, 1.82) is 0 Å². The third-order valence-electron chi connectivity index (χ3n) is 1.75. The van der Waals surface area contributed by atoms with Gasteiger partial charge in [-0.1, -0.05) is 5.92 Å². The predicted molar refractivity (Wildman–Crippen MR) is 52.4 cm³/mol. The third kappa shape index (κ3) is 7.35. The van der Waals surface area contributed by atoms with Crippen LogP contribution in [0.2, 0.25) is 0 Å². The minimum absolute atomic E-state index is 0.234. The predicted octanol–water partition coefficient (Wildman–Crippen LogP) is 1.24. The van der Waals surface area contributed by atoms with E-state index in [0.717, 1.165) is 13.0 Å². The highest BCUT2D eigenvalue weighted by molar-refractivity contribution is 5.66. The van der Waals surface area contributed by atoms with Crippen molar-refractivity contribution < 1.29 is 9.90 Å². The number of hydrogen-bond acceptors (Lipinski definition) is 2. The number of carboxylic acid groups (broad SMARTS) is 1. The molecule has 0 aliphatic carbocycles. The fourth-order valence-corrected chi connectivity index (χ4v) is 0.853. The van der Waals surface area contributed by atoms with E-state index in [0.29, 0.717) is 6.42 Å². The summed E-state index contributed by atoms with van der Waals surface area (Å²) in [5.74, 6) is 1.87. The van der Waals surface area contributed by atoms with Crippen molar-refractivity contribution in [2.45, 2.75) is 38.6 Å². The molecule has 0 atom stereocenters. The van der Waals surface area contributed by atoms with Crippen LogP contribution in [0.3, 0.4) is 0 Å². The Hall–Kier alpha value is -1.01. The molecule has 3 nitrogen and oxygen atoms in total. The Bertz CT molecular complexity index is 203. The molecule has 0 radical (unpaired) electrons. The molecule has 0 aromatic heterocycles. The number of hydrogen-bond donors (Lipinski definition) is 2. The zero-order chi connectivity index (χ0) is 10.3. The van der Waals surface area contributed by atoms with E-state index < -0.39 is 5.97 Å². The molecule has 0 amide bonds. The topological polar surface area (TPSA) is 49.3 Å². The Morgan fingerprint density at radius 1 is 1.54 bits per heavy atom. The Balaban J connectivity index is 3.37. The summed E-state index contributed by atoms with van der Waals surface area (Å²) in [7, 11) is 0. The van der Waals surface area contributed by atoms with Gasteiger partial charge in [0, 0.05) is 6.42 Å². The van der Waals surface area contributed by atoms with Gasteiger partial charge in [0.1, 0.15) is 0 Å². The molecular weight excluding hydrogens is 166 g/mol. The number of unbranched alkanes of at least 4 members (excludes halogenated alkanes) is 1. The summed E-state index contributed by atoms with van der Waals surface area (Å²) < 4.78 is 0. The van der Waals surface area contributed by atoms with Crippen LogP contribution in [-0.2, 0) is 4.79 Å². The molecule has 0 aliphatic heterocycles. The maximum Gasteiger partial charge on any atom is 0.303 e. The molecule has 0 aromatic rings. The Kier molecular flexibility index (Phi) is 5.17. The molecule has 0 bridgehead atoms. The highest BCUT2D eigenvalue weighted by atomic mass is 16.4. The fourth-order valence-electron chi connectivity index (χ4n) is 0.853. The standard InChI is InChI=1S/C10H17NO2/c1-4-10(2,3)11-8-6-5-7-9(12)13/h1,11H,5-8H2,2-3H3,(H,12,13). The molecule has 13 heavy (non-hydrogen) atoms. The first-order chi connectivity index (χ1) is 5.98. The van der Waals surface area contributed by atoms with Crippen molar-refractivity contribution in [1.82, 2.24) is 5.32 Å². The molecular formula is C10H17NO2. The number of nitrogens with one attached hydrogen (secondary N) is 1. The number of carbonyl (C=O) groups is 1. The van der Waals surface area contributed by atoms with Gasteiger partial charge >= 0.3 is 5.97 Å². The zero-order valence-electron chi connectivity index (χ0n) is 8.26. The second-order valence-corrected chi connectivity index (χ2v) is 3.55. The lowest BCUT2D eigenvalue weighted by atomic mass is 10.1. The maximum absolute atomic E-state index is 10.2. The first-order valence-corrected chi connectivity index (χ1v) is 4.42. The van der Waals surface area contributed by atoms with E-state index in [1.165, 1.54) is 0 Å². The van der Waals surface area contributed by atoms with E-state index in [-0.39, 0.29) is 12.0 Å². The van der Waals surface area contributed by atoms with Gasteiger partial charge in [0.15, 0.2) is 0 Å². The summed E-state index contributed by atoms with van der Waals surface area (Å²) in [6, 6.07) is 0. The molecule has 0 heterocycles. The Morgan fingerprint density at radius 2 is 2.15 bits per heavy atom. The van der Waals surface area contributed by atoms with Crippen LogP contribution in [0.25, 0.3) is 0 Å². The normalized spacial score (nSPS) is 10.8. The van der Waals surface area contributed by atoms with Crippen LogP contribution in [0.4, 0.5) is 0 Å². The van der Waals surface area contributed by atoms with Crippen LogP contribution in [-0.4, -0.2) is 23.2 Å². The van der Waals surface area contributed by atoms with E-state index in [2.05, 4.69) is 11.2 Å². The molecule has 2 N–H and O–H groups in total. The van der Waals surface area contributed by atoms with Gasteiger partial charge in [-0.3, -0.25) is 4.79 Å². The molecule has 0 spiro atoms. The first kappa shape index (κ1) is 12.0. The largest absolute Gasteiger partial charge is 0.481 e. The molecule has 0 aliphatic rings. The van der Waals surface area contributed by atoms with Crippen molar-refractivity contribution in [3.8, 4) is 12.3 Å². The molecule has 3 heteroatoms. The number of rotatable bonds is 6. The third-order valence-corrected chi connectivity index (χ3v) is 1.75. The van der Waals surface area contributed by atoms with Crippen LogP contribution in [0.15, 0.2) is 0 Å². The fraction of sp³-hybridized carbons (Fsp3) is 0.700. The summed E-state index contributed by atoms with van der Waals surface area (Å²) in [5, 5.41) is 11.5. The van der Waals surface area contributed by atoms with Gasteiger partial charge in [-0.05, 0) is 33.2 Å². The lowest BCUT2D eigenvalue weighted by molar-refractivity contribution is -0.137. The Morgan fingerprint density at radius 3 is 2.62 bits per heavy atom. The molecule has 0 rings (SSSR count). The average molecular weight is 183 g/mol. The van der Waals surface area contributed by atoms with E-state index in [1.54, 1.807) is 0 Å².